The van der Waals surface area contributed by atoms with Crippen LogP contribution < -0.4 is 4.74 Å². The third-order valence-electron chi connectivity index (χ3n) is 4.32. The lowest BCUT2D eigenvalue weighted by Crippen LogP contribution is -2.30. The number of ether oxygens (including phenoxy) is 1. The van der Waals surface area contributed by atoms with E-state index < -0.39 is 0 Å². The Balaban J connectivity index is 1.57. The second-order valence-electron chi connectivity index (χ2n) is 5.82. The van der Waals surface area contributed by atoms with Crippen LogP contribution in [0.5, 0.6) is 5.75 Å². The lowest BCUT2D eigenvalue weighted by atomic mass is 10.2. The van der Waals surface area contributed by atoms with Crippen LogP contribution in [0.25, 0.3) is 11.4 Å². The fourth-order valence-corrected chi connectivity index (χ4v) is 3.04. The van der Waals surface area contributed by atoms with Crippen molar-refractivity contribution < 1.29 is 18.5 Å². The molecule has 3 aromatic rings. The van der Waals surface area contributed by atoms with Gasteiger partial charge in [0, 0.05) is 12.1 Å². The third kappa shape index (κ3) is 2.88. The Morgan fingerprint density at radius 2 is 2.12 bits per heavy atom. The molecule has 1 aromatic carbocycles. The van der Waals surface area contributed by atoms with Crippen molar-refractivity contribution in [1.82, 2.24) is 15.0 Å². The Hall–Kier alpha value is -3.09. The summed E-state index contributed by atoms with van der Waals surface area (Å²) in [5, 5.41) is 4.05. The summed E-state index contributed by atoms with van der Waals surface area (Å²) in [6, 6.07) is 10.6. The van der Waals surface area contributed by atoms with E-state index in [0.717, 1.165) is 24.2 Å². The Kier molecular flexibility index (Phi) is 3.97. The van der Waals surface area contributed by atoms with Crippen LogP contribution in [-0.2, 0) is 0 Å². The number of methoxy groups -OCH3 is 1. The zero-order chi connectivity index (χ0) is 17.2. The van der Waals surface area contributed by atoms with Gasteiger partial charge < -0.3 is 18.6 Å². The van der Waals surface area contributed by atoms with Gasteiger partial charge in [0.1, 0.15) is 11.8 Å². The van der Waals surface area contributed by atoms with Gasteiger partial charge in [0.2, 0.25) is 11.7 Å². The van der Waals surface area contributed by atoms with Gasteiger partial charge in [-0.1, -0.05) is 5.16 Å². The van der Waals surface area contributed by atoms with Crippen molar-refractivity contribution in [2.45, 2.75) is 18.9 Å². The van der Waals surface area contributed by atoms with Crippen molar-refractivity contribution in [3.63, 3.8) is 0 Å². The first-order chi connectivity index (χ1) is 12.3. The molecule has 1 fully saturated rings. The molecule has 3 heterocycles. The van der Waals surface area contributed by atoms with Gasteiger partial charge in [0.25, 0.3) is 5.91 Å². The van der Waals surface area contributed by atoms with E-state index in [2.05, 4.69) is 10.1 Å². The van der Waals surface area contributed by atoms with Gasteiger partial charge in [-0.3, -0.25) is 4.79 Å². The number of carbonyl (C=O) groups is 1. The number of benzene rings is 1. The second kappa shape index (κ2) is 6.43. The Morgan fingerprint density at radius 3 is 2.84 bits per heavy atom. The highest BCUT2D eigenvalue weighted by Crippen LogP contribution is 2.33. The zero-order valence-corrected chi connectivity index (χ0v) is 13.7. The summed E-state index contributed by atoms with van der Waals surface area (Å²) < 4.78 is 15.8. The number of carbonyl (C=O) groups excluding carboxylic acids is 1. The maximum absolute atomic E-state index is 12.6. The van der Waals surface area contributed by atoms with Gasteiger partial charge in [0.15, 0.2) is 5.76 Å². The monoisotopic (exact) mass is 339 g/mol. The van der Waals surface area contributed by atoms with Crippen LogP contribution in [0.2, 0.25) is 0 Å². The minimum absolute atomic E-state index is 0.156. The maximum atomic E-state index is 12.6. The number of hydrogen-bond donors (Lipinski definition) is 0. The minimum Gasteiger partial charge on any atom is -0.497 e. The Morgan fingerprint density at radius 1 is 1.28 bits per heavy atom. The van der Waals surface area contributed by atoms with E-state index in [1.54, 1.807) is 24.1 Å². The molecule has 0 spiro atoms. The summed E-state index contributed by atoms with van der Waals surface area (Å²) in [5.41, 5.74) is 0.831. The fraction of sp³-hybridized carbons (Fsp3) is 0.278. The molecule has 1 unspecified atom stereocenters. The molecule has 7 heteroatoms. The predicted molar refractivity (Wildman–Crippen MR) is 88.0 cm³/mol. The van der Waals surface area contributed by atoms with E-state index >= 15 is 0 Å². The molecule has 0 N–H and O–H groups in total. The topological polar surface area (TPSA) is 81.6 Å². The average Bonchev–Trinajstić information content (AvgIpc) is 3.42. The first kappa shape index (κ1) is 15.4. The molecular weight excluding hydrogens is 322 g/mol. The molecule has 2 aromatic heterocycles. The summed E-state index contributed by atoms with van der Waals surface area (Å²) in [7, 11) is 1.62. The lowest BCUT2D eigenvalue weighted by molar-refractivity contribution is 0.0678. The quantitative estimate of drug-likeness (QED) is 0.725. The van der Waals surface area contributed by atoms with Gasteiger partial charge in [-0.25, -0.2) is 0 Å². The van der Waals surface area contributed by atoms with E-state index in [-0.39, 0.29) is 11.9 Å². The molecule has 1 atom stereocenters. The summed E-state index contributed by atoms with van der Waals surface area (Å²) in [5.74, 6) is 1.87. The van der Waals surface area contributed by atoms with Crippen LogP contribution in [0.3, 0.4) is 0 Å². The van der Waals surface area contributed by atoms with E-state index in [0.29, 0.717) is 24.0 Å². The SMILES string of the molecule is COc1ccc(-c2noc(C3CCCN3C(=O)c3ccco3)n2)cc1. The van der Waals surface area contributed by atoms with Gasteiger partial charge in [-0.2, -0.15) is 4.98 Å². The van der Waals surface area contributed by atoms with E-state index in [4.69, 9.17) is 13.7 Å². The van der Waals surface area contributed by atoms with E-state index in [1.165, 1.54) is 6.26 Å². The van der Waals surface area contributed by atoms with Crippen LogP contribution >= 0.6 is 0 Å². The highest BCUT2D eigenvalue weighted by molar-refractivity contribution is 5.91. The van der Waals surface area contributed by atoms with Crippen LogP contribution in [0, 0.1) is 0 Å². The van der Waals surface area contributed by atoms with Crippen LogP contribution in [-0.4, -0.2) is 34.6 Å². The van der Waals surface area contributed by atoms with E-state index in [9.17, 15) is 4.79 Å². The predicted octanol–water partition coefficient (Wildman–Crippen LogP) is 3.32. The Bertz CT molecular complexity index is 855. The summed E-state index contributed by atoms with van der Waals surface area (Å²) in [6.45, 7) is 0.643. The van der Waals surface area contributed by atoms with Crippen LogP contribution in [0.1, 0.15) is 35.3 Å². The number of nitrogens with zero attached hydrogens (tertiary/aromatic N) is 3. The molecule has 1 aliphatic rings. The van der Waals surface area contributed by atoms with Crippen molar-refractivity contribution in [2.75, 3.05) is 13.7 Å². The summed E-state index contributed by atoms with van der Waals surface area (Å²) in [4.78, 5) is 18.8. The van der Waals surface area contributed by atoms with Crippen LogP contribution in [0.4, 0.5) is 0 Å². The molecule has 1 aliphatic heterocycles. The minimum atomic E-state index is -0.225. The number of aromatic nitrogens is 2. The third-order valence-corrected chi connectivity index (χ3v) is 4.32. The number of furan rings is 1. The highest BCUT2D eigenvalue weighted by atomic mass is 16.5. The van der Waals surface area contributed by atoms with Crippen molar-refractivity contribution in [3.05, 3.63) is 54.3 Å². The first-order valence-corrected chi connectivity index (χ1v) is 8.09. The molecule has 25 heavy (non-hydrogen) atoms. The summed E-state index contributed by atoms with van der Waals surface area (Å²) in [6.07, 6.45) is 3.17. The molecule has 7 nitrogen and oxygen atoms in total. The molecule has 4 rings (SSSR count). The van der Waals surface area contributed by atoms with Crippen LogP contribution in [0.15, 0.2) is 51.6 Å². The van der Waals surface area contributed by atoms with Gasteiger partial charge in [-0.05, 0) is 49.2 Å². The number of likely N-dealkylation sites (tertiary alicyclic amines) is 1. The average molecular weight is 339 g/mol. The smallest absolute Gasteiger partial charge is 0.290 e. The van der Waals surface area contributed by atoms with Gasteiger partial charge >= 0.3 is 0 Å². The van der Waals surface area contributed by atoms with Gasteiger partial charge in [0.05, 0.1) is 13.4 Å². The number of rotatable bonds is 4. The van der Waals surface area contributed by atoms with Crippen molar-refractivity contribution in [2.24, 2.45) is 0 Å². The molecule has 0 aliphatic carbocycles. The largest absolute Gasteiger partial charge is 0.497 e. The molecular formula is C18H17N3O4. The number of amides is 1. The van der Waals surface area contributed by atoms with Crippen molar-refractivity contribution in [1.29, 1.82) is 0 Å². The molecule has 0 saturated carbocycles. The second-order valence-corrected chi connectivity index (χ2v) is 5.82. The molecule has 1 saturated heterocycles. The summed E-state index contributed by atoms with van der Waals surface area (Å²) >= 11 is 0. The normalized spacial score (nSPS) is 17.0. The number of hydrogen-bond acceptors (Lipinski definition) is 6. The molecule has 0 bridgehead atoms. The standard InChI is InChI=1S/C18H17N3O4/c1-23-13-8-6-12(7-9-13)16-19-17(25-20-16)14-4-2-10-21(14)18(22)15-5-3-11-24-15/h3,5-9,11,14H,2,4,10H2,1H3. The first-order valence-electron chi connectivity index (χ1n) is 8.09. The van der Waals surface area contributed by atoms with Gasteiger partial charge in [-0.15, -0.1) is 0 Å². The zero-order valence-electron chi connectivity index (χ0n) is 13.7. The van der Waals surface area contributed by atoms with E-state index in [1.807, 2.05) is 24.3 Å². The van der Waals surface area contributed by atoms with Crippen molar-refractivity contribution >= 4 is 5.91 Å². The lowest BCUT2D eigenvalue weighted by Gasteiger charge is -2.20. The Labute approximate surface area is 144 Å². The molecule has 128 valence electrons. The fourth-order valence-electron chi connectivity index (χ4n) is 3.04. The molecule has 1 amide bonds. The van der Waals surface area contributed by atoms with Crippen molar-refractivity contribution in [3.8, 4) is 17.1 Å². The molecule has 0 radical (unpaired) electrons. The maximum Gasteiger partial charge on any atom is 0.290 e. The highest BCUT2D eigenvalue weighted by Gasteiger charge is 2.35.